The molecule has 6 nitrogen and oxygen atoms in total. The van der Waals surface area contributed by atoms with Gasteiger partial charge in [-0.3, -0.25) is 4.72 Å². The number of sulfonamides is 1. The van der Waals surface area contributed by atoms with Crippen LogP contribution in [0.5, 0.6) is 11.5 Å². The van der Waals surface area contributed by atoms with Crippen molar-refractivity contribution in [3.05, 3.63) is 48.0 Å². The Morgan fingerprint density at radius 2 is 1.68 bits per heavy atom. The third-order valence-corrected chi connectivity index (χ3v) is 5.70. The highest BCUT2D eigenvalue weighted by Crippen LogP contribution is 2.47. The van der Waals surface area contributed by atoms with Gasteiger partial charge >= 0.3 is 0 Å². The Bertz CT molecular complexity index is 927. The van der Waals surface area contributed by atoms with Gasteiger partial charge in [0, 0.05) is 11.8 Å². The van der Waals surface area contributed by atoms with Crippen LogP contribution in [0.25, 0.3) is 0 Å². The first-order valence-electron chi connectivity index (χ1n) is 7.71. The van der Waals surface area contributed by atoms with Gasteiger partial charge in [0.1, 0.15) is 0 Å². The maximum Gasteiger partial charge on any atom is 0.262 e. The van der Waals surface area contributed by atoms with Crippen molar-refractivity contribution in [2.45, 2.75) is 23.2 Å². The van der Waals surface area contributed by atoms with Crippen molar-refractivity contribution in [3.8, 4) is 17.6 Å². The van der Waals surface area contributed by atoms with Crippen LogP contribution in [0.2, 0.25) is 0 Å². The zero-order valence-electron chi connectivity index (χ0n) is 13.9. The van der Waals surface area contributed by atoms with Gasteiger partial charge in [-0.2, -0.15) is 5.26 Å². The topological polar surface area (TPSA) is 88.4 Å². The van der Waals surface area contributed by atoms with Gasteiger partial charge in [-0.05, 0) is 42.7 Å². The number of nitrogens with zero attached hydrogens (tertiary/aromatic N) is 1. The molecule has 1 fully saturated rings. The molecule has 2 aromatic rings. The molecule has 1 N–H and O–H groups in total. The molecule has 0 aromatic heterocycles. The summed E-state index contributed by atoms with van der Waals surface area (Å²) in [4.78, 5) is 0.0740. The molecular weight excluding hydrogens is 340 g/mol. The third kappa shape index (κ3) is 3.26. The molecule has 0 amide bonds. The lowest BCUT2D eigenvalue weighted by Gasteiger charge is -2.12. The molecule has 0 spiro atoms. The first-order chi connectivity index (χ1) is 11.9. The standard InChI is InChI=1S/C18H18N2O4S/c1-23-16-8-7-15(11-17(16)24-2)25(21,22)20-14-5-3-13(4-6-14)18(12-19)9-10-18/h3-8,11,20H,9-10H2,1-2H3. The Morgan fingerprint density at radius 1 is 1.04 bits per heavy atom. The van der Waals surface area contributed by atoms with Crippen molar-refractivity contribution in [3.63, 3.8) is 0 Å². The molecule has 25 heavy (non-hydrogen) atoms. The molecule has 0 aliphatic heterocycles. The van der Waals surface area contributed by atoms with Crippen LogP contribution in [0.1, 0.15) is 18.4 Å². The van der Waals surface area contributed by atoms with Gasteiger partial charge in [0.15, 0.2) is 11.5 Å². The molecule has 7 heteroatoms. The maximum atomic E-state index is 12.6. The lowest BCUT2D eigenvalue weighted by Crippen LogP contribution is -2.13. The molecule has 0 saturated heterocycles. The quantitative estimate of drug-likeness (QED) is 0.857. The van der Waals surface area contributed by atoms with Crippen molar-refractivity contribution in [2.75, 3.05) is 18.9 Å². The van der Waals surface area contributed by atoms with E-state index in [1.807, 2.05) is 0 Å². The number of rotatable bonds is 6. The summed E-state index contributed by atoms with van der Waals surface area (Å²) in [6.45, 7) is 0. The molecule has 1 aliphatic carbocycles. The van der Waals surface area contributed by atoms with Gasteiger partial charge in [-0.1, -0.05) is 12.1 Å². The molecule has 130 valence electrons. The van der Waals surface area contributed by atoms with Crippen LogP contribution in [0.4, 0.5) is 5.69 Å². The van der Waals surface area contributed by atoms with Gasteiger partial charge in [0.05, 0.1) is 30.6 Å². The molecule has 1 saturated carbocycles. The first kappa shape index (κ1) is 17.1. The number of anilines is 1. The second-order valence-electron chi connectivity index (χ2n) is 5.89. The van der Waals surface area contributed by atoms with Crippen LogP contribution in [0.15, 0.2) is 47.4 Å². The lowest BCUT2D eigenvalue weighted by molar-refractivity contribution is 0.354. The highest BCUT2D eigenvalue weighted by atomic mass is 32.2. The van der Waals surface area contributed by atoms with Crippen molar-refractivity contribution < 1.29 is 17.9 Å². The predicted octanol–water partition coefficient (Wildman–Crippen LogP) is 3.06. The van der Waals surface area contributed by atoms with Gasteiger partial charge in [0.25, 0.3) is 10.0 Å². The summed E-state index contributed by atoms with van der Waals surface area (Å²) in [5.41, 5.74) is 0.970. The second-order valence-corrected chi connectivity index (χ2v) is 7.58. The molecule has 1 aliphatic rings. The Morgan fingerprint density at radius 3 is 2.20 bits per heavy atom. The Balaban J connectivity index is 1.83. The highest BCUT2D eigenvalue weighted by molar-refractivity contribution is 7.92. The molecule has 3 rings (SSSR count). The number of ether oxygens (including phenoxy) is 2. The lowest BCUT2D eigenvalue weighted by atomic mass is 9.98. The summed E-state index contributed by atoms with van der Waals surface area (Å²) < 4.78 is 37.9. The molecule has 0 bridgehead atoms. The maximum absolute atomic E-state index is 12.6. The summed E-state index contributed by atoms with van der Waals surface area (Å²) in [6.07, 6.45) is 1.69. The van der Waals surface area contributed by atoms with Crippen LogP contribution in [-0.2, 0) is 15.4 Å². The molecule has 2 aromatic carbocycles. The second kappa shape index (κ2) is 6.30. The molecule has 0 atom stereocenters. The zero-order chi connectivity index (χ0) is 18.1. The van der Waals surface area contributed by atoms with E-state index in [9.17, 15) is 13.7 Å². The Kier molecular flexibility index (Phi) is 4.31. The van der Waals surface area contributed by atoms with Crippen molar-refractivity contribution >= 4 is 15.7 Å². The van der Waals surface area contributed by atoms with Crippen LogP contribution in [0, 0.1) is 11.3 Å². The minimum absolute atomic E-state index is 0.0740. The van der Waals surface area contributed by atoms with E-state index in [1.165, 1.54) is 26.4 Å². The zero-order valence-corrected chi connectivity index (χ0v) is 14.8. The monoisotopic (exact) mass is 358 g/mol. The summed E-state index contributed by atoms with van der Waals surface area (Å²) in [7, 11) is -0.826. The van der Waals surface area contributed by atoms with E-state index in [-0.39, 0.29) is 10.3 Å². The van der Waals surface area contributed by atoms with Gasteiger partial charge in [-0.25, -0.2) is 8.42 Å². The summed E-state index contributed by atoms with van der Waals surface area (Å²) in [5, 5.41) is 9.22. The van der Waals surface area contributed by atoms with E-state index < -0.39 is 10.0 Å². The van der Waals surface area contributed by atoms with E-state index in [4.69, 9.17) is 9.47 Å². The van der Waals surface area contributed by atoms with Crippen molar-refractivity contribution in [2.24, 2.45) is 0 Å². The van der Waals surface area contributed by atoms with E-state index in [0.717, 1.165) is 18.4 Å². The van der Waals surface area contributed by atoms with Gasteiger partial charge < -0.3 is 9.47 Å². The van der Waals surface area contributed by atoms with Crippen molar-refractivity contribution in [1.82, 2.24) is 0 Å². The Hall–Kier alpha value is -2.72. The van der Waals surface area contributed by atoms with E-state index >= 15 is 0 Å². The van der Waals surface area contributed by atoms with Crippen molar-refractivity contribution in [1.29, 1.82) is 5.26 Å². The molecular formula is C18H18N2O4S. The smallest absolute Gasteiger partial charge is 0.262 e. The number of hydrogen-bond acceptors (Lipinski definition) is 5. The highest BCUT2D eigenvalue weighted by Gasteiger charge is 2.44. The summed E-state index contributed by atoms with van der Waals surface area (Å²) >= 11 is 0. The number of hydrogen-bond donors (Lipinski definition) is 1. The minimum atomic E-state index is -3.76. The van der Waals surface area contributed by atoms with Crippen LogP contribution < -0.4 is 14.2 Å². The fourth-order valence-corrected chi connectivity index (χ4v) is 3.72. The third-order valence-electron chi connectivity index (χ3n) is 4.32. The average molecular weight is 358 g/mol. The average Bonchev–Trinajstić information content (AvgIpc) is 3.42. The van der Waals surface area contributed by atoms with Crippen LogP contribution in [-0.4, -0.2) is 22.6 Å². The normalized spacial score (nSPS) is 15.1. The van der Waals surface area contributed by atoms with Crippen LogP contribution in [0.3, 0.4) is 0 Å². The first-order valence-corrected chi connectivity index (χ1v) is 9.19. The number of nitriles is 1. The summed E-state index contributed by atoms with van der Waals surface area (Å²) in [5.74, 6) is 0.794. The number of nitrogens with one attached hydrogen (secondary N) is 1. The van der Waals surface area contributed by atoms with Gasteiger partial charge in [-0.15, -0.1) is 0 Å². The molecule has 0 unspecified atom stereocenters. The van der Waals surface area contributed by atoms with E-state index in [0.29, 0.717) is 17.2 Å². The van der Waals surface area contributed by atoms with Gasteiger partial charge in [0.2, 0.25) is 0 Å². The van der Waals surface area contributed by atoms with Crippen LogP contribution >= 0.6 is 0 Å². The minimum Gasteiger partial charge on any atom is -0.493 e. The molecule has 0 radical (unpaired) electrons. The summed E-state index contributed by atoms with van der Waals surface area (Å²) in [6, 6.07) is 13.7. The SMILES string of the molecule is COc1ccc(S(=O)(=O)Nc2ccc(C3(C#N)CC3)cc2)cc1OC. The van der Waals surface area contributed by atoms with E-state index in [1.54, 1.807) is 30.3 Å². The Labute approximate surface area is 147 Å². The fourth-order valence-electron chi connectivity index (χ4n) is 2.65. The van der Waals surface area contributed by atoms with E-state index in [2.05, 4.69) is 10.8 Å². The molecule has 0 heterocycles. The fraction of sp³-hybridized carbons (Fsp3) is 0.278. The predicted molar refractivity (Wildman–Crippen MR) is 93.3 cm³/mol. The number of benzene rings is 2. The largest absolute Gasteiger partial charge is 0.493 e. The number of methoxy groups -OCH3 is 2.